The third kappa shape index (κ3) is 5.03. The molecular formula is C18H16ClN3O3. The summed E-state index contributed by atoms with van der Waals surface area (Å²) in [6.07, 6.45) is 0.854. The number of benzene rings is 2. The van der Waals surface area contributed by atoms with Crippen LogP contribution in [0, 0.1) is 21.4 Å². The Labute approximate surface area is 150 Å². The van der Waals surface area contributed by atoms with Gasteiger partial charge in [0.05, 0.1) is 16.6 Å². The van der Waals surface area contributed by atoms with Crippen molar-refractivity contribution in [3.63, 3.8) is 0 Å². The zero-order chi connectivity index (χ0) is 18.4. The van der Waals surface area contributed by atoms with Crippen LogP contribution in [0.3, 0.4) is 0 Å². The van der Waals surface area contributed by atoms with Crippen molar-refractivity contribution in [2.45, 2.75) is 19.4 Å². The highest BCUT2D eigenvalue weighted by molar-refractivity contribution is 6.31. The highest BCUT2D eigenvalue weighted by Crippen LogP contribution is 2.23. The van der Waals surface area contributed by atoms with E-state index in [2.05, 4.69) is 0 Å². The lowest BCUT2D eigenvalue weighted by molar-refractivity contribution is -0.384. The van der Waals surface area contributed by atoms with Gasteiger partial charge in [-0.2, -0.15) is 5.26 Å². The summed E-state index contributed by atoms with van der Waals surface area (Å²) in [4.78, 5) is 24.1. The van der Waals surface area contributed by atoms with E-state index in [0.29, 0.717) is 29.0 Å². The molecule has 0 radical (unpaired) electrons. The Hall–Kier alpha value is -2.91. The number of halogens is 1. The van der Waals surface area contributed by atoms with E-state index in [1.165, 1.54) is 23.1 Å². The van der Waals surface area contributed by atoms with Gasteiger partial charge in [-0.25, -0.2) is 0 Å². The monoisotopic (exact) mass is 357 g/mol. The number of carbonyl (C=O) groups is 1. The van der Waals surface area contributed by atoms with Gasteiger partial charge in [-0.3, -0.25) is 14.9 Å². The molecule has 0 aliphatic heterocycles. The molecule has 0 unspecified atom stereocenters. The molecule has 0 heterocycles. The van der Waals surface area contributed by atoms with Gasteiger partial charge in [0.1, 0.15) is 0 Å². The predicted molar refractivity (Wildman–Crippen MR) is 94.1 cm³/mol. The van der Waals surface area contributed by atoms with E-state index in [1.807, 2.05) is 18.2 Å². The first-order chi connectivity index (χ1) is 11.9. The third-order valence-electron chi connectivity index (χ3n) is 3.78. The third-order valence-corrected chi connectivity index (χ3v) is 4.15. The molecule has 6 nitrogen and oxygen atoms in total. The van der Waals surface area contributed by atoms with E-state index >= 15 is 0 Å². The van der Waals surface area contributed by atoms with Crippen LogP contribution in [0.1, 0.15) is 23.1 Å². The molecule has 0 aromatic heterocycles. The zero-order valence-corrected chi connectivity index (χ0v) is 14.4. The molecule has 7 heteroatoms. The van der Waals surface area contributed by atoms with Crippen LogP contribution < -0.4 is 0 Å². The van der Waals surface area contributed by atoms with Crippen molar-refractivity contribution in [2.24, 2.45) is 0 Å². The normalized spacial score (nSPS) is 10.1. The van der Waals surface area contributed by atoms with Gasteiger partial charge in [0, 0.05) is 37.2 Å². The number of nitrogens with zero attached hydrogens (tertiary/aromatic N) is 3. The van der Waals surface area contributed by atoms with Crippen LogP contribution in [0.25, 0.3) is 0 Å². The standard InChI is InChI=1S/C18H16ClN3O3/c1-21(12-15-10-16(22(24)25)7-8-17(15)19)18(23)9-6-13-2-4-14(11-20)5-3-13/h2-5,7-8,10H,6,9,12H2,1H3. The van der Waals surface area contributed by atoms with Gasteiger partial charge in [0.2, 0.25) is 5.91 Å². The van der Waals surface area contributed by atoms with Crippen LogP contribution in [0.2, 0.25) is 5.02 Å². The van der Waals surface area contributed by atoms with Crippen molar-refractivity contribution >= 4 is 23.2 Å². The molecule has 2 aromatic carbocycles. The molecule has 0 aliphatic rings. The van der Waals surface area contributed by atoms with Gasteiger partial charge < -0.3 is 4.90 Å². The van der Waals surface area contributed by atoms with E-state index in [1.54, 1.807) is 19.2 Å². The van der Waals surface area contributed by atoms with Crippen molar-refractivity contribution in [2.75, 3.05) is 7.05 Å². The summed E-state index contributed by atoms with van der Waals surface area (Å²) >= 11 is 6.06. The molecule has 0 saturated heterocycles. The largest absolute Gasteiger partial charge is 0.341 e. The Morgan fingerprint density at radius 2 is 1.96 bits per heavy atom. The Balaban J connectivity index is 1.97. The van der Waals surface area contributed by atoms with Crippen LogP contribution in [-0.4, -0.2) is 22.8 Å². The summed E-state index contributed by atoms with van der Waals surface area (Å²) in [5.74, 6) is -0.0908. The second-order valence-corrected chi connectivity index (χ2v) is 6.00. The topological polar surface area (TPSA) is 87.2 Å². The van der Waals surface area contributed by atoms with Crippen LogP contribution >= 0.6 is 11.6 Å². The molecule has 1 amide bonds. The number of hydrogen-bond donors (Lipinski definition) is 0. The van der Waals surface area contributed by atoms with Gasteiger partial charge in [0.15, 0.2) is 0 Å². The van der Waals surface area contributed by atoms with Crippen molar-refractivity contribution in [3.05, 3.63) is 74.3 Å². The molecule has 25 heavy (non-hydrogen) atoms. The zero-order valence-electron chi connectivity index (χ0n) is 13.6. The minimum Gasteiger partial charge on any atom is -0.341 e. The van der Waals surface area contributed by atoms with Crippen LogP contribution in [0.15, 0.2) is 42.5 Å². The van der Waals surface area contributed by atoms with Gasteiger partial charge in [-0.15, -0.1) is 0 Å². The first-order valence-electron chi connectivity index (χ1n) is 7.56. The lowest BCUT2D eigenvalue weighted by Crippen LogP contribution is -2.26. The van der Waals surface area contributed by atoms with E-state index < -0.39 is 4.92 Å². The fraction of sp³-hybridized carbons (Fsp3) is 0.222. The molecule has 0 aliphatic carbocycles. The maximum absolute atomic E-state index is 12.3. The molecule has 2 aromatic rings. The van der Waals surface area contributed by atoms with E-state index in [9.17, 15) is 14.9 Å². The first kappa shape index (κ1) is 18.4. The van der Waals surface area contributed by atoms with Gasteiger partial charge in [-0.1, -0.05) is 23.7 Å². The molecule has 0 saturated carbocycles. The van der Waals surface area contributed by atoms with E-state index in [4.69, 9.17) is 16.9 Å². The minimum atomic E-state index is -0.494. The molecular weight excluding hydrogens is 342 g/mol. The highest BCUT2D eigenvalue weighted by atomic mass is 35.5. The first-order valence-corrected chi connectivity index (χ1v) is 7.94. The number of non-ortho nitro benzene ring substituents is 1. The molecule has 2 rings (SSSR count). The number of nitro groups is 1. The number of aryl methyl sites for hydroxylation is 1. The minimum absolute atomic E-state index is 0.0576. The van der Waals surface area contributed by atoms with Gasteiger partial charge >= 0.3 is 0 Å². The maximum atomic E-state index is 12.3. The number of amides is 1. The number of hydrogen-bond acceptors (Lipinski definition) is 4. The summed E-state index contributed by atoms with van der Waals surface area (Å²) in [5.41, 5.74) is 2.02. The molecule has 0 fully saturated rings. The summed E-state index contributed by atoms with van der Waals surface area (Å²) in [6.45, 7) is 0.201. The summed E-state index contributed by atoms with van der Waals surface area (Å²) in [7, 11) is 1.64. The lowest BCUT2D eigenvalue weighted by atomic mass is 10.1. The summed E-state index contributed by atoms with van der Waals surface area (Å²) in [5, 5.41) is 20.0. The maximum Gasteiger partial charge on any atom is 0.269 e. The average molecular weight is 358 g/mol. The van der Waals surface area contributed by atoms with Crippen LogP contribution in [0.5, 0.6) is 0 Å². The molecule has 0 spiro atoms. The van der Waals surface area contributed by atoms with Crippen molar-refractivity contribution in [1.82, 2.24) is 4.90 Å². The SMILES string of the molecule is CN(Cc1cc([N+](=O)[O-])ccc1Cl)C(=O)CCc1ccc(C#N)cc1. The average Bonchev–Trinajstić information content (AvgIpc) is 2.61. The van der Waals surface area contributed by atoms with E-state index in [-0.39, 0.29) is 18.1 Å². The highest BCUT2D eigenvalue weighted by Gasteiger charge is 2.14. The Kier molecular flexibility index (Phi) is 6.09. The Morgan fingerprint density at radius 1 is 1.28 bits per heavy atom. The second kappa shape index (κ2) is 8.27. The molecule has 128 valence electrons. The smallest absolute Gasteiger partial charge is 0.269 e. The molecule has 0 atom stereocenters. The molecule has 0 bridgehead atoms. The van der Waals surface area contributed by atoms with Gasteiger partial charge in [0.25, 0.3) is 5.69 Å². The van der Waals surface area contributed by atoms with E-state index in [0.717, 1.165) is 5.56 Å². The fourth-order valence-corrected chi connectivity index (χ4v) is 2.50. The molecule has 0 N–H and O–H groups in total. The van der Waals surface area contributed by atoms with Crippen molar-refractivity contribution in [3.8, 4) is 6.07 Å². The lowest BCUT2D eigenvalue weighted by Gasteiger charge is -2.18. The second-order valence-electron chi connectivity index (χ2n) is 5.59. The number of rotatable bonds is 6. The Bertz CT molecular complexity index is 828. The Morgan fingerprint density at radius 3 is 2.56 bits per heavy atom. The quantitative estimate of drug-likeness (QED) is 0.582. The van der Waals surface area contributed by atoms with Crippen LogP contribution in [0.4, 0.5) is 5.69 Å². The fourth-order valence-electron chi connectivity index (χ4n) is 2.33. The number of nitriles is 1. The van der Waals surface area contributed by atoms with Crippen molar-refractivity contribution in [1.29, 1.82) is 5.26 Å². The summed E-state index contributed by atoms with van der Waals surface area (Å²) < 4.78 is 0. The summed E-state index contributed by atoms with van der Waals surface area (Å²) in [6, 6.07) is 13.3. The van der Waals surface area contributed by atoms with Crippen LogP contribution in [-0.2, 0) is 17.8 Å². The van der Waals surface area contributed by atoms with Crippen molar-refractivity contribution < 1.29 is 9.72 Å². The van der Waals surface area contributed by atoms with Gasteiger partial charge in [-0.05, 0) is 35.7 Å². The number of carbonyl (C=O) groups excluding carboxylic acids is 1. The predicted octanol–water partition coefficient (Wildman–Crippen LogP) is 3.71. The number of nitro benzene ring substituents is 1.